The molecule has 0 aliphatic carbocycles. The summed E-state index contributed by atoms with van der Waals surface area (Å²) in [5.74, 6) is -0.732. The summed E-state index contributed by atoms with van der Waals surface area (Å²) < 4.78 is 37.7. The molecule has 0 aliphatic heterocycles. The van der Waals surface area contributed by atoms with Crippen molar-refractivity contribution in [2.75, 3.05) is 5.32 Å². The summed E-state index contributed by atoms with van der Waals surface area (Å²) in [6, 6.07) is 5.33. The van der Waals surface area contributed by atoms with Crippen molar-refractivity contribution < 1.29 is 22.8 Å². The Bertz CT molecular complexity index is 758. The normalized spacial score (nSPS) is 11.2. The average molecular weight is 343 g/mol. The summed E-state index contributed by atoms with van der Waals surface area (Å²) in [6.07, 6.45) is -3.25. The number of Topliss-reactive ketones (excluding diaryl/α,β-unsaturated/α-hetero) is 1. The third-order valence-corrected chi connectivity index (χ3v) is 3.27. The number of ketones is 1. The van der Waals surface area contributed by atoms with Crippen molar-refractivity contribution in [3.63, 3.8) is 0 Å². The topological polar surface area (TPSA) is 59.1 Å². The number of aromatic nitrogens is 1. The van der Waals surface area contributed by atoms with Crippen molar-refractivity contribution in [1.29, 1.82) is 0 Å². The number of carbonyl (C=O) groups excluding carboxylic acids is 2. The highest BCUT2D eigenvalue weighted by Gasteiger charge is 2.31. The number of nitrogens with one attached hydrogen (secondary N) is 1. The number of carbonyl (C=O) groups is 2. The van der Waals surface area contributed by atoms with Crippen molar-refractivity contribution in [3.05, 3.63) is 58.2 Å². The average Bonchev–Trinajstić information content (AvgIpc) is 2.46. The van der Waals surface area contributed by atoms with Gasteiger partial charge in [-0.1, -0.05) is 11.6 Å². The molecule has 1 aromatic carbocycles. The molecular formula is C15H10ClF3N2O2. The van der Waals surface area contributed by atoms with E-state index in [1.165, 1.54) is 25.3 Å². The largest absolute Gasteiger partial charge is 0.416 e. The van der Waals surface area contributed by atoms with Gasteiger partial charge in [-0.25, -0.2) is 4.98 Å². The van der Waals surface area contributed by atoms with Crippen LogP contribution in [0.25, 0.3) is 0 Å². The molecule has 8 heteroatoms. The van der Waals surface area contributed by atoms with Gasteiger partial charge < -0.3 is 5.32 Å². The van der Waals surface area contributed by atoms with Gasteiger partial charge in [0.2, 0.25) is 0 Å². The number of rotatable bonds is 3. The maximum atomic E-state index is 12.6. The molecule has 0 aliphatic rings. The zero-order valence-electron chi connectivity index (χ0n) is 11.7. The molecule has 1 heterocycles. The Kier molecular flexibility index (Phi) is 4.70. The lowest BCUT2D eigenvalue weighted by Crippen LogP contribution is -2.14. The molecule has 0 atom stereocenters. The molecule has 0 saturated carbocycles. The Labute approximate surface area is 134 Å². The van der Waals surface area contributed by atoms with Crippen LogP contribution in [0, 0.1) is 0 Å². The molecule has 0 spiro atoms. The van der Waals surface area contributed by atoms with Gasteiger partial charge in [0.05, 0.1) is 16.1 Å². The molecule has 1 N–H and O–H groups in total. The molecular weight excluding hydrogens is 333 g/mol. The molecule has 0 saturated heterocycles. The molecule has 1 aromatic heterocycles. The van der Waals surface area contributed by atoms with Crippen LogP contribution in [0.4, 0.5) is 19.0 Å². The number of anilines is 1. The Morgan fingerprint density at radius 2 is 1.87 bits per heavy atom. The first-order valence-corrected chi connectivity index (χ1v) is 6.71. The molecule has 0 unspecified atom stereocenters. The van der Waals surface area contributed by atoms with E-state index in [0.717, 1.165) is 12.1 Å². The van der Waals surface area contributed by atoms with Crippen LogP contribution in [0.1, 0.15) is 33.2 Å². The summed E-state index contributed by atoms with van der Waals surface area (Å²) >= 11 is 5.74. The molecule has 0 bridgehead atoms. The van der Waals surface area contributed by atoms with Crippen molar-refractivity contribution in [1.82, 2.24) is 4.98 Å². The van der Waals surface area contributed by atoms with Gasteiger partial charge >= 0.3 is 6.18 Å². The quantitative estimate of drug-likeness (QED) is 0.850. The molecule has 1 amide bonds. The van der Waals surface area contributed by atoms with Crippen LogP contribution in [0.15, 0.2) is 36.5 Å². The summed E-state index contributed by atoms with van der Waals surface area (Å²) in [5.41, 5.74) is -0.685. The Balaban J connectivity index is 2.19. The highest BCUT2D eigenvalue weighted by atomic mass is 35.5. The molecule has 2 rings (SSSR count). The van der Waals surface area contributed by atoms with Gasteiger partial charge in [0.1, 0.15) is 5.82 Å². The summed E-state index contributed by atoms with van der Waals surface area (Å²) in [5, 5.41) is 2.07. The predicted molar refractivity (Wildman–Crippen MR) is 78.6 cm³/mol. The van der Waals surface area contributed by atoms with E-state index in [9.17, 15) is 22.8 Å². The van der Waals surface area contributed by atoms with E-state index >= 15 is 0 Å². The number of hydrogen-bond donors (Lipinski definition) is 1. The zero-order chi connectivity index (χ0) is 17.2. The third kappa shape index (κ3) is 4.07. The van der Waals surface area contributed by atoms with E-state index in [2.05, 4.69) is 10.3 Å². The molecule has 0 radical (unpaired) electrons. The second-order valence-corrected chi connectivity index (χ2v) is 5.04. The lowest BCUT2D eigenvalue weighted by molar-refractivity contribution is -0.137. The Morgan fingerprint density at radius 1 is 1.17 bits per heavy atom. The number of benzene rings is 1. The van der Waals surface area contributed by atoms with Crippen molar-refractivity contribution in [2.45, 2.75) is 13.1 Å². The standard InChI is InChI=1S/C15H10ClF3N2O2/c1-8(22)9-2-5-13(20-7-9)21-14(23)11-4-3-10(6-12(11)16)15(17,18)19/h2-7H,1H3,(H,20,21,23). The number of hydrogen-bond acceptors (Lipinski definition) is 3. The van der Waals surface area contributed by atoms with E-state index < -0.39 is 17.6 Å². The second-order valence-electron chi connectivity index (χ2n) is 4.63. The lowest BCUT2D eigenvalue weighted by Gasteiger charge is -2.10. The Hall–Kier alpha value is -2.41. The summed E-state index contributed by atoms with van der Waals surface area (Å²) in [6.45, 7) is 1.37. The zero-order valence-corrected chi connectivity index (χ0v) is 12.5. The van der Waals surface area contributed by atoms with Crippen LogP contribution in [-0.2, 0) is 6.18 Å². The number of pyridine rings is 1. The maximum absolute atomic E-state index is 12.6. The summed E-state index contributed by atoms with van der Waals surface area (Å²) in [4.78, 5) is 27.0. The van der Waals surface area contributed by atoms with Gasteiger partial charge in [-0.05, 0) is 37.3 Å². The van der Waals surface area contributed by atoms with Gasteiger partial charge in [-0.15, -0.1) is 0 Å². The van der Waals surface area contributed by atoms with Gasteiger partial charge in [-0.3, -0.25) is 9.59 Å². The predicted octanol–water partition coefficient (Wildman–Crippen LogP) is 4.21. The molecule has 120 valence electrons. The minimum Gasteiger partial charge on any atom is -0.307 e. The lowest BCUT2D eigenvalue weighted by atomic mass is 10.1. The number of alkyl halides is 3. The van der Waals surface area contributed by atoms with Crippen LogP contribution >= 0.6 is 11.6 Å². The van der Waals surface area contributed by atoms with Crippen LogP contribution in [0.3, 0.4) is 0 Å². The van der Waals surface area contributed by atoms with Crippen LogP contribution < -0.4 is 5.32 Å². The van der Waals surface area contributed by atoms with Crippen molar-refractivity contribution in [2.24, 2.45) is 0 Å². The molecule has 23 heavy (non-hydrogen) atoms. The highest BCUT2D eigenvalue weighted by Crippen LogP contribution is 2.32. The van der Waals surface area contributed by atoms with E-state index in [4.69, 9.17) is 11.6 Å². The van der Waals surface area contributed by atoms with Crippen molar-refractivity contribution >= 4 is 29.1 Å². The van der Waals surface area contributed by atoms with Gasteiger partial charge in [0.25, 0.3) is 5.91 Å². The molecule has 2 aromatic rings. The number of nitrogens with zero attached hydrogens (tertiary/aromatic N) is 1. The van der Waals surface area contributed by atoms with Gasteiger partial charge in [0, 0.05) is 11.8 Å². The van der Waals surface area contributed by atoms with Gasteiger partial charge in [-0.2, -0.15) is 13.2 Å². The monoisotopic (exact) mass is 342 g/mol. The second kappa shape index (κ2) is 6.37. The van der Waals surface area contributed by atoms with Crippen LogP contribution in [0.5, 0.6) is 0 Å². The smallest absolute Gasteiger partial charge is 0.307 e. The first kappa shape index (κ1) is 17.0. The third-order valence-electron chi connectivity index (χ3n) is 2.95. The van der Waals surface area contributed by atoms with Crippen molar-refractivity contribution in [3.8, 4) is 0 Å². The fourth-order valence-corrected chi connectivity index (χ4v) is 2.00. The van der Waals surface area contributed by atoms with Crippen LogP contribution in [0.2, 0.25) is 5.02 Å². The Morgan fingerprint density at radius 3 is 2.35 bits per heavy atom. The molecule has 0 fully saturated rings. The summed E-state index contributed by atoms with van der Waals surface area (Å²) in [7, 11) is 0. The van der Waals surface area contributed by atoms with Crippen LogP contribution in [-0.4, -0.2) is 16.7 Å². The minimum atomic E-state index is -4.54. The van der Waals surface area contributed by atoms with E-state index in [0.29, 0.717) is 11.6 Å². The van der Waals surface area contributed by atoms with E-state index in [-0.39, 0.29) is 22.2 Å². The number of halogens is 4. The molecule has 4 nitrogen and oxygen atoms in total. The van der Waals surface area contributed by atoms with E-state index in [1.54, 1.807) is 0 Å². The fourth-order valence-electron chi connectivity index (χ4n) is 1.74. The minimum absolute atomic E-state index is 0.114. The first-order valence-electron chi connectivity index (χ1n) is 6.33. The highest BCUT2D eigenvalue weighted by molar-refractivity contribution is 6.34. The van der Waals surface area contributed by atoms with Gasteiger partial charge in [0.15, 0.2) is 5.78 Å². The first-order chi connectivity index (χ1) is 10.7. The number of amides is 1. The fraction of sp³-hybridized carbons (Fsp3) is 0.133. The van der Waals surface area contributed by atoms with E-state index in [1.807, 2.05) is 0 Å². The SMILES string of the molecule is CC(=O)c1ccc(NC(=O)c2ccc(C(F)(F)F)cc2Cl)nc1. The maximum Gasteiger partial charge on any atom is 0.416 e.